The molecule has 2 amide bonds. The third-order valence-corrected chi connectivity index (χ3v) is 3.73. The lowest BCUT2D eigenvalue weighted by Crippen LogP contribution is -2.35. The number of carbonyl (C=O) groups is 2. The van der Waals surface area contributed by atoms with Crippen LogP contribution in [0.5, 0.6) is 0 Å². The standard InChI is InChI=1S/C16H23N3O2.ClH/c1-2-3-12-4-6-14(7-5-12)19-11-13(10-15(19)20)16(21)18-9-8-17;/h4-7,13H,2-3,8-11,17H2,1H3,(H,18,21);1H. The second-order valence-corrected chi connectivity index (χ2v) is 5.40. The van der Waals surface area contributed by atoms with E-state index in [-0.39, 0.29) is 36.6 Å². The fourth-order valence-electron chi connectivity index (χ4n) is 2.60. The molecule has 0 radical (unpaired) electrons. The summed E-state index contributed by atoms with van der Waals surface area (Å²) >= 11 is 0. The molecule has 1 aromatic rings. The van der Waals surface area contributed by atoms with Crippen molar-refractivity contribution in [2.45, 2.75) is 26.2 Å². The summed E-state index contributed by atoms with van der Waals surface area (Å²) in [7, 11) is 0. The van der Waals surface area contributed by atoms with E-state index >= 15 is 0 Å². The van der Waals surface area contributed by atoms with Gasteiger partial charge in [0.25, 0.3) is 0 Å². The molecule has 1 aliphatic rings. The number of benzene rings is 1. The molecule has 3 N–H and O–H groups in total. The number of halogens is 1. The highest BCUT2D eigenvalue weighted by Crippen LogP contribution is 2.25. The minimum absolute atomic E-state index is 0. The maximum Gasteiger partial charge on any atom is 0.227 e. The number of rotatable bonds is 6. The van der Waals surface area contributed by atoms with Crippen molar-refractivity contribution in [1.29, 1.82) is 0 Å². The van der Waals surface area contributed by atoms with Crippen LogP contribution >= 0.6 is 12.4 Å². The van der Waals surface area contributed by atoms with E-state index in [0.29, 0.717) is 19.6 Å². The van der Waals surface area contributed by atoms with Crippen LogP contribution in [-0.2, 0) is 16.0 Å². The zero-order chi connectivity index (χ0) is 15.2. The first kappa shape index (κ1) is 18.5. The number of amides is 2. The molecule has 6 heteroatoms. The van der Waals surface area contributed by atoms with Crippen molar-refractivity contribution in [2.75, 3.05) is 24.5 Å². The normalized spacial score (nSPS) is 17.3. The summed E-state index contributed by atoms with van der Waals surface area (Å²) in [5, 5.41) is 2.75. The molecule has 1 aromatic carbocycles. The molecule has 1 unspecified atom stereocenters. The Labute approximate surface area is 137 Å². The van der Waals surface area contributed by atoms with Crippen molar-refractivity contribution >= 4 is 29.9 Å². The topological polar surface area (TPSA) is 75.4 Å². The molecule has 122 valence electrons. The smallest absolute Gasteiger partial charge is 0.227 e. The Kier molecular flexibility index (Phi) is 7.35. The molecule has 1 aliphatic heterocycles. The number of nitrogens with two attached hydrogens (primary N) is 1. The first-order valence-corrected chi connectivity index (χ1v) is 7.52. The second kappa shape index (κ2) is 8.76. The number of carbonyl (C=O) groups excluding carboxylic acids is 2. The first-order valence-electron chi connectivity index (χ1n) is 7.52. The van der Waals surface area contributed by atoms with Crippen LogP contribution in [0.4, 0.5) is 5.69 Å². The first-order chi connectivity index (χ1) is 10.2. The van der Waals surface area contributed by atoms with Crippen LogP contribution < -0.4 is 16.0 Å². The molecule has 1 saturated heterocycles. The molecule has 1 atom stereocenters. The van der Waals surface area contributed by atoms with Crippen molar-refractivity contribution in [3.05, 3.63) is 29.8 Å². The van der Waals surface area contributed by atoms with Gasteiger partial charge < -0.3 is 16.0 Å². The summed E-state index contributed by atoms with van der Waals surface area (Å²) in [6.07, 6.45) is 2.41. The van der Waals surface area contributed by atoms with Crippen molar-refractivity contribution in [3.8, 4) is 0 Å². The minimum Gasteiger partial charge on any atom is -0.355 e. The summed E-state index contributed by atoms with van der Waals surface area (Å²) in [6.45, 7) is 3.45. The van der Waals surface area contributed by atoms with E-state index in [1.165, 1.54) is 5.56 Å². The van der Waals surface area contributed by atoms with Gasteiger partial charge in [-0.05, 0) is 24.1 Å². The third-order valence-electron chi connectivity index (χ3n) is 3.73. The maximum atomic E-state index is 12.1. The molecule has 1 fully saturated rings. The van der Waals surface area contributed by atoms with Crippen LogP contribution in [0, 0.1) is 5.92 Å². The quantitative estimate of drug-likeness (QED) is 0.832. The third kappa shape index (κ3) is 4.45. The molecule has 2 rings (SSSR count). The Morgan fingerprint density at radius 1 is 1.36 bits per heavy atom. The Hall–Kier alpha value is -1.59. The number of nitrogens with zero attached hydrogens (tertiary/aromatic N) is 1. The van der Waals surface area contributed by atoms with Crippen LogP contribution in [0.3, 0.4) is 0 Å². The molecule has 0 saturated carbocycles. The molecule has 22 heavy (non-hydrogen) atoms. The molecule has 0 aliphatic carbocycles. The van der Waals surface area contributed by atoms with Crippen LogP contribution in [0.25, 0.3) is 0 Å². The summed E-state index contributed by atoms with van der Waals surface area (Å²) < 4.78 is 0. The fraction of sp³-hybridized carbons (Fsp3) is 0.500. The van der Waals surface area contributed by atoms with Crippen molar-refractivity contribution < 1.29 is 9.59 Å². The average Bonchev–Trinajstić information content (AvgIpc) is 2.88. The highest BCUT2D eigenvalue weighted by atomic mass is 35.5. The van der Waals surface area contributed by atoms with Crippen molar-refractivity contribution in [2.24, 2.45) is 11.7 Å². The number of nitrogens with one attached hydrogen (secondary N) is 1. The molecule has 1 heterocycles. The van der Waals surface area contributed by atoms with Gasteiger partial charge in [-0.2, -0.15) is 0 Å². The lowest BCUT2D eigenvalue weighted by molar-refractivity contribution is -0.126. The lowest BCUT2D eigenvalue weighted by atomic mass is 10.1. The van der Waals surface area contributed by atoms with Gasteiger partial charge in [0.05, 0.1) is 5.92 Å². The molecular formula is C16H24ClN3O2. The van der Waals surface area contributed by atoms with Gasteiger partial charge in [0.15, 0.2) is 0 Å². The van der Waals surface area contributed by atoms with E-state index in [9.17, 15) is 9.59 Å². The highest BCUT2D eigenvalue weighted by molar-refractivity contribution is 6.00. The van der Waals surface area contributed by atoms with Gasteiger partial charge in [0.2, 0.25) is 11.8 Å². The second-order valence-electron chi connectivity index (χ2n) is 5.40. The molecular weight excluding hydrogens is 302 g/mol. The molecule has 5 nitrogen and oxygen atoms in total. The van der Waals surface area contributed by atoms with Crippen LogP contribution in [0.15, 0.2) is 24.3 Å². The highest BCUT2D eigenvalue weighted by Gasteiger charge is 2.34. The largest absolute Gasteiger partial charge is 0.355 e. The zero-order valence-electron chi connectivity index (χ0n) is 12.9. The van der Waals surface area contributed by atoms with E-state index in [4.69, 9.17) is 5.73 Å². The van der Waals surface area contributed by atoms with Crippen molar-refractivity contribution in [1.82, 2.24) is 5.32 Å². The Morgan fingerprint density at radius 2 is 2.05 bits per heavy atom. The van der Waals surface area contributed by atoms with Crippen LogP contribution in [0.1, 0.15) is 25.3 Å². The fourth-order valence-corrected chi connectivity index (χ4v) is 2.60. The number of anilines is 1. The number of hydrogen-bond donors (Lipinski definition) is 2. The maximum absolute atomic E-state index is 12.1. The van der Waals surface area contributed by atoms with Crippen LogP contribution in [0.2, 0.25) is 0 Å². The summed E-state index contributed by atoms with van der Waals surface area (Å²) in [6, 6.07) is 8.02. The summed E-state index contributed by atoms with van der Waals surface area (Å²) in [5.41, 5.74) is 7.51. The van der Waals surface area contributed by atoms with Gasteiger partial charge in [-0.1, -0.05) is 25.5 Å². The van der Waals surface area contributed by atoms with Crippen LogP contribution in [-0.4, -0.2) is 31.4 Å². The van der Waals surface area contributed by atoms with E-state index in [1.54, 1.807) is 4.90 Å². The average molecular weight is 326 g/mol. The van der Waals surface area contributed by atoms with Gasteiger partial charge in [-0.3, -0.25) is 9.59 Å². The van der Waals surface area contributed by atoms with Gasteiger partial charge >= 0.3 is 0 Å². The summed E-state index contributed by atoms with van der Waals surface area (Å²) in [4.78, 5) is 25.7. The number of aryl methyl sites for hydroxylation is 1. The Bertz CT molecular complexity index is 505. The Balaban J connectivity index is 0.00000242. The lowest BCUT2D eigenvalue weighted by Gasteiger charge is -2.17. The zero-order valence-corrected chi connectivity index (χ0v) is 13.7. The Morgan fingerprint density at radius 3 is 2.64 bits per heavy atom. The van der Waals surface area contributed by atoms with Gasteiger partial charge in [-0.15, -0.1) is 12.4 Å². The van der Waals surface area contributed by atoms with E-state index in [0.717, 1.165) is 18.5 Å². The van der Waals surface area contributed by atoms with E-state index in [2.05, 4.69) is 12.2 Å². The van der Waals surface area contributed by atoms with Crippen molar-refractivity contribution in [3.63, 3.8) is 0 Å². The minimum atomic E-state index is -0.278. The van der Waals surface area contributed by atoms with Gasteiger partial charge in [0.1, 0.15) is 0 Å². The predicted molar refractivity (Wildman–Crippen MR) is 90.2 cm³/mol. The summed E-state index contributed by atoms with van der Waals surface area (Å²) in [5.74, 6) is -0.357. The SMILES string of the molecule is CCCc1ccc(N2CC(C(=O)NCCN)CC2=O)cc1.Cl. The molecule has 0 bridgehead atoms. The molecule has 0 spiro atoms. The van der Waals surface area contributed by atoms with E-state index < -0.39 is 0 Å². The predicted octanol–water partition coefficient (Wildman–Crippen LogP) is 1.49. The van der Waals surface area contributed by atoms with E-state index in [1.807, 2.05) is 24.3 Å². The monoisotopic (exact) mass is 325 g/mol. The van der Waals surface area contributed by atoms with Gasteiger partial charge in [0, 0.05) is 31.7 Å². The molecule has 0 aromatic heterocycles. The van der Waals surface area contributed by atoms with Gasteiger partial charge in [-0.25, -0.2) is 0 Å². The number of hydrogen-bond acceptors (Lipinski definition) is 3.